The second kappa shape index (κ2) is 8.55. The molecule has 136 valence electrons. The molecule has 2 aromatic heterocycles. The number of carbonyl (C=O) groups excluding carboxylic acids is 1. The molecule has 0 bridgehead atoms. The Hall–Kier alpha value is -2.06. The number of aryl methyl sites for hydroxylation is 2. The second-order valence-electron chi connectivity index (χ2n) is 5.60. The number of benzene rings is 1. The van der Waals surface area contributed by atoms with Crippen LogP contribution in [0.5, 0.6) is 0 Å². The Kier molecular flexibility index (Phi) is 6.16. The van der Waals surface area contributed by atoms with Gasteiger partial charge in [-0.05, 0) is 43.4 Å². The average molecular weight is 389 g/mol. The maximum atomic E-state index is 11.9. The number of thioether (sulfide) groups is 2. The third-order valence-electron chi connectivity index (χ3n) is 4.06. The van der Waals surface area contributed by atoms with Crippen LogP contribution in [0.1, 0.15) is 28.0 Å². The minimum Gasteiger partial charge on any atom is -0.465 e. The molecule has 0 aliphatic carbocycles. The lowest BCUT2D eigenvalue weighted by Gasteiger charge is -2.08. The maximum Gasteiger partial charge on any atom is 0.338 e. The van der Waals surface area contributed by atoms with Crippen LogP contribution in [0.2, 0.25) is 0 Å². The van der Waals surface area contributed by atoms with E-state index in [9.17, 15) is 4.79 Å². The first-order valence-electron chi connectivity index (χ1n) is 8.16. The number of rotatable bonds is 7. The van der Waals surface area contributed by atoms with Gasteiger partial charge in [0.2, 0.25) is 5.16 Å². The van der Waals surface area contributed by atoms with E-state index >= 15 is 0 Å². The fraction of sp³-hybridized carbons (Fsp3) is 0.333. The quantitative estimate of drug-likeness (QED) is 0.453. The minimum absolute atomic E-state index is 0.294. The van der Waals surface area contributed by atoms with Crippen LogP contribution in [-0.4, -0.2) is 45.2 Å². The van der Waals surface area contributed by atoms with Crippen LogP contribution in [-0.2, 0) is 17.6 Å². The van der Waals surface area contributed by atoms with Crippen molar-refractivity contribution in [1.82, 2.24) is 19.6 Å². The Bertz CT molecular complexity index is 927. The summed E-state index contributed by atoms with van der Waals surface area (Å²) < 4.78 is 6.75. The normalized spacial score (nSPS) is 11.0. The lowest BCUT2D eigenvalue weighted by Crippen LogP contribution is -2.06. The van der Waals surface area contributed by atoms with Crippen molar-refractivity contribution in [3.05, 3.63) is 47.3 Å². The van der Waals surface area contributed by atoms with Gasteiger partial charge in [-0.3, -0.25) is 0 Å². The van der Waals surface area contributed by atoms with Gasteiger partial charge < -0.3 is 4.74 Å². The number of methoxy groups -OCH3 is 1. The molecule has 1 aromatic carbocycles. The Morgan fingerprint density at radius 2 is 2.00 bits per heavy atom. The molecule has 0 saturated carbocycles. The highest BCUT2D eigenvalue weighted by molar-refractivity contribution is 7.99. The van der Waals surface area contributed by atoms with E-state index in [-0.39, 0.29) is 5.97 Å². The molecule has 26 heavy (non-hydrogen) atoms. The van der Waals surface area contributed by atoms with Crippen LogP contribution >= 0.6 is 23.5 Å². The summed E-state index contributed by atoms with van der Waals surface area (Å²) in [7, 11) is 1.41. The summed E-state index contributed by atoms with van der Waals surface area (Å²) in [5.74, 6) is -0.294. The molecule has 3 rings (SSSR count). The van der Waals surface area contributed by atoms with Crippen LogP contribution in [0.25, 0.3) is 5.65 Å². The summed E-state index contributed by atoms with van der Waals surface area (Å²) >= 11 is 3.09. The van der Waals surface area contributed by atoms with Gasteiger partial charge in [-0.25, -0.2) is 19.3 Å². The molecule has 0 fully saturated rings. The minimum atomic E-state index is -0.294. The number of aromatic nitrogens is 4. The zero-order valence-electron chi connectivity index (χ0n) is 14.9. The summed E-state index contributed by atoms with van der Waals surface area (Å²) in [6, 6.07) is 7.57. The number of hydrogen-bond acceptors (Lipinski definition) is 7. The van der Waals surface area contributed by atoms with Crippen molar-refractivity contribution in [1.29, 1.82) is 0 Å². The van der Waals surface area contributed by atoms with E-state index in [0.717, 1.165) is 46.3 Å². The predicted molar refractivity (Wildman–Crippen MR) is 104 cm³/mol. The average Bonchev–Trinajstić information content (AvgIpc) is 3.10. The summed E-state index contributed by atoms with van der Waals surface area (Å²) in [4.78, 5) is 20.9. The van der Waals surface area contributed by atoms with Crippen LogP contribution in [0.15, 0.2) is 40.6 Å². The molecular formula is C18H20N4O2S2. The highest BCUT2D eigenvalue weighted by Crippen LogP contribution is 2.22. The molecule has 2 heterocycles. The molecule has 0 unspecified atom stereocenters. The lowest BCUT2D eigenvalue weighted by molar-refractivity contribution is 0.0599. The van der Waals surface area contributed by atoms with Gasteiger partial charge in [0, 0.05) is 0 Å². The fourth-order valence-electron chi connectivity index (χ4n) is 2.78. The predicted octanol–water partition coefficient (Wildman–Crippen LogP) is 3.53. The van der Waals surface area contributed by atoms with E-state index in [1.165, 1.54) is 18.9 Å². The first-order valence-corrected chi connectivity index (χ1v) is 10.6. The SMILES string of the molecule is COC(=O)c1ccccc1CCCc1cnc2c(SC)nc(SC)nn12. The first kappa shape index (κ1) is 18.7. The van der Waals surface area contributed by atoms with Crippen molar-refractivity contribution in [2.24, 2.45) is 0 Å². The van der Waals surface area contributed by atoms with Crippen LogP contribution in [0, 0.1) is 0 Å². The smallest absolute Gasteiger partial charge is 0.338 e. The molecule has 6 nitrogen and oxygen atoms in total. The summed E-state index contributed by atoms with van der Waals surface area (Å²) in [5.41, 5.74) is 3.46. The topological polar surface area (TPSA) is 69.4 Å². The number of ether oxygens (including phenoxy) is 1. The Morgan fingerprint density at radius 3 is 2.73 bits per heavy atom. The van der Waals surface area contributed by atoms with Crippen molar-refractivity contribution >= 4 is 35.1 Å². The van der Waals surface area contributed by atoms with E-state index in [1.54, 1.807) is 17.8 Å². The molecule has 0 radical (unpaired) electrons. The van der Waals surface area contributed by atoms with Gasteiger partial charge in [0.1, 0.15) is 5.03 Å². The number of nitrogens with zero attached hydrogens (tertiary/aromatic N) is 4. The standard InChI is InChI=1S/C18H20N4O2S2/c1-24-17(23)14-10-5-4-7-12(14)8-6-9-13-11-19-15-16(25-2)20-18(26-3)21-22(13)15/h4-5,7,10-11H,6,8-9H2,1-3H3. The second-order valence-corrected chi connectivity index (χ2v) is 7.16. The number of imidazole rings is 1. The molecule has 0 amide bonds. The molecule has 0 atom stereocenters. The highest BCUT2D eigenvalue weighted by Gasteiger charge is 2.14. The number of fused-ring (bicyclic) bond motifs is 1. The lowest BCUT2D eigenvalue weighted by atomic mass is 10.0. The molecule has 8 heteroatoms. The zero-order valence-corrected chi connectivity index (χ0v) is 16.6. The molecule has 0 N–H and O–H groups in total. The van der Waals surface area contributed by atoms with Crippen molar-refractivity contribution < 1.29 is 9.53 Å². The fourth-order valence-corrected chi connectivity index (χ4v) is 3.69. The van der Waals surface area contributed by atoms with Gasteiger partial charge in [0.05, 0.1) is 24.6 Å². The van der Waals surface area contributed by atoms with Gasteiger partial charge in [-0.2, -0.15) is 0 Å². The Labute approximate surface area is 160 Å². The molecule has 0 aliphatic heterocycles. The van der Waals surface area contributed by atoms with Crippen molar-refractivity contribution in [2.45, 2.75) is 29.4 Å². The zero-order chi connectivity index (χ0) is 18.5. The number of carbonyl (C=O) groups is 1. The maximum absolute atomic E-state index is 11.9. The van der Waals surface area contributed by atoms with E-state index in [2.05, 4.69) is 15.1 Å². The van der Waals surface area contributed by atoms with Crippen LogP contribution < -0.4 is 0 Å². The van der Waals surface area contributed by atoms with Crippen molar-refractivity contribution in [3.63, 3.8) is 0 Å². The van der Waals surface area contributed by atoms with Gasteiger partial charge in [0.15, 0.2) is 5.65 Å². The van der Waals surface area contributed by atoms with E-state index < -0.39 is 0 Å². The van der Waals surface area contributed by atoms with Crippen molar-refractivity contribution in [2.75, 3.05) is 19.6 Å². The molecule has 0 aliphatic rings. The molecule has 0 spiro atoms. The van der Waals surface area contributed by atoms with E-state index in [0.29, 0.717) is 5.56 Å². The number of esters is 1. The summed E-state index contributed by atoms with van der Waals surface area (Å²) in [6.07, 6.45) is 8.30. The largest absolute Gasteiger partial charge is 0.465 e. The highest BCUT2D eigenvalue weighted by atomic mass is 32.2. The number of hydrogen-bond donors (Lipinski definition) is 0. The van der Waals surface area contributed by atoms with E-state index in [4.69, 9.17) is 4.74 Å². The summed E-state index contributed by atoms with van der Waals surface area (Å²) in [6.45, 7) is 0. The summed E-state index contributed by atoms with van der Waals surface area (Å²) in [5, 5.41) is 6.18. The third kappa shape index (κ3) is 3.86. The van der Waals surface area contributed by atoms with Gasteiger partial charge in [0.25, 0.3) is 0 Å². The molecule has 3 aromatic rings. The van der Waals surface area contributed by atoms with Crippen LogP contribution in [0.4, 0.5) is 0 Å². The Balaban J connectivity index is 1.78. The van der Waals surface area contributed by atoms with Gasteiger partial charge in [-0.1, -0.05) is 30.0 Å². The molecular weight excluding hydrogens is 368 g/mol. The molecule has 0 saturated heterocycles. The third-order valence-corrected chi connectivity index (χ3v) is 5.26. The Morgan fingerprint density at radius 1 is 1.19 bits per heavy atom. The van der Waals surface area contributed by atoms with Crippen LogP contribution in [0.3, 0.4) is 0 Å². The first-order chi connectivity index (χ1) is 12.7. The van der Waals surface area contributed by atoms with Gasteiger partial charge in [-0.15, -0.1) is 16.9 Å². The van der Waals surface area contributed by atoms with E-state index in [1.807, 2.05) is 41.4 Å². The van der Waals surface area contributed by atoms with Crippen molar-refractivity contribution in [3.8, 4) is 0 Å². The van der Waals surface area contributed by atoms with Gasteiger partial charge >= 0.3 is 5.97 Å². The monoisotopic (exact) mass is 388 g/mol.